The number of benzene rings is 2. The molecule has 0 aromatic heterocycles. The first-order valence-electron chi connectivity index (χ1n) is 8.95. The van der Waals surface area contributed by atoms with Crippen molar-refractivity contribution < 1.29 is 9.59 Å². The van der Waals surface area contributed by atoms with E-state index in [0.29, 0.717) is 22.6 Å². The van der Waals surface area contributed by atoms with Crippen LogP contribution in [0.1, 0.15) is 36.0 Å². The third-order valence-corrected chi connectivity index (χ3v) is 4.44. The topological polar surface area (TPSA) is 87.5 Å². The maximum absolute atomic E-state index is 12.3. The fraction of sp³-hybridized carbons (Fsp3) is 0.300. The second-order valence-electron chi connectivity index (χ2n) is 6.49. The number of nitrogens with two attached hydrogens (primary N) is 1. The first-order chi connectivity index (χ1) is 12.6. The van der Waals surface area contributed by atoms with Crippen LogP contribution >= 0.6 is 12.4 Å². The molecule has 6 nitrogen and oxygen atoms in total. The van der Waals surface area contributed by atoms with E-state index >= 15 is 0 Å². The minimum absolute atomic E-state index is 0. The third kappa shape index (κ3) is 5.89. The van der Waals surface area contributed by atoms with Crippen molar-refractivity contribution in [3.05, 3.63) is 54.1 Å². The molecule has 0 unspecified atom stereocenters. The van der Waals surface area contributed by atoms with Gasteiger partial charge < -0.3 is 21.3 Å². The zero-order valence-electron chi connectivity index (χ0n) is 15.1. The van der Waals surface area contributed by atoms with Gasteiger partial charge in [-0.25, -0.2) is 4.79 Å². The molecule has 0 spiro atoms. The molecule has 0 saturated carbocycles. The number of hydrogen-bond acceptors (Lipinski definition) is 3. The van der Waals surface area contributed by atoms with Crippen LogP contribution in [-0.2, 0) is 0 Å². The molecule has 144 valence electrons. The number of nitrogens with zero attached hydrogens (tertiary/aromatic N) is 1. The Morgan fingerprint density at radius 2 is 1.44 bits per heavy atom. The Bertz CT molecular complexity index is 772. The van der Waals surface area contributed by atoms with Crippen molar-refractivity contribution in [1.82, 2.24) is 4.90 Å². The van der Waals surface area contributed by atoms with Gasteiger partial charge in [-0.15, -0.1) is 12.4 Å². The highest BCUT2D eigenvalue weighted by molar-refractivity contribution is 6.04. The highest BCUT2D eigenvalue weighted by Gasteiger charge is 2.15. The van der Waals surface area contributed by atoms with Gasteiger partial charge in [0.1, 0.15) is 0 Å². The number of likely N-dealkylation sites (tertiary alicyclic amines) is 1. The fourth-order valence-electron chi connectivity index (χ4n) is 3.00. The van der Waals surface area contributed by atoms with E-state index in [1.54, 1.807) is 48.5 Å². The van der Waals surface area contributed by atoms with Gasteiger partial charge in [0.15, 0.2) is 0 Å². The monoisotopic (exact) mass is 388 g/mol. The Hall–Kier alpha value is -2.73. The van der Waals surface area contributed by atoms with Gasteiger partial charge in [-0.1, -0.05) is 18.9 Å². The average molecular weight is 389 g/mol. The largest absolute Gasteiger partial charge is 0.399 e. The molecule has 1 saturated heterocycles. The predicted octanol–water partition coefficient (Wildman–Crippen LogP) is 4.35. The number of nitrogen functional groups attached to an aromatic ring is 1. The lowest BCUT2D eigenvalue weighted by molar-refractivity contribution is 0.102. The van der Waals surface area contributed by atoms with E-state index < -0.39 is 0 Å². The number of rotatable bonds is 3. The molecule has 1 heterocycles. The molecular weight excluding hydrogens is 364 g/mol. The van der Waals surface area contributed by atoms with Gasteiger partial charge in [0, 0.05) is 35.7 Å². The van der Waals surface area contributed by atoms with Crippen molar-refractivity contribution in [2.75, 3.05) is 29.5 Å². The molecule has 0 aliphatic carbocycles. The van der Waals surface area contributed by atoms with E-state index in [1.807, 2.05) is 4.90 Å². The minimum atomic E-state index is -0.223. The number of hydrogen-bond donors (Lipinski definition) is 3. The molecule has 27 heavy (non-hydrogen) atoms. The molecule has 0 atom stereocenters. The second kappa shape index (κ2) is 9.83. The molecular formula is C20H25ClN4O2. The summed E-state index contributed by atoms with van der Waals surface area (Å²) in [6.45, 7) is 1.61. The summed E-state index contributed by atoms with van der Waals surface area (Å²) < 4.78 is 0. The van der Waals surface area contributed by atoms with Crippen LogP contribution in [0.2, 0.25) is 0 Å². The highest BCUT2D eigenvalue weighted by atomic mass is 35.5. The summed E-state index contributed by atoms with van der Waals surface area (Å²) in [6, 6.07) is 13.8. The van der Waals surface area contributed by atoms with Gasteiger partial charge in [0.25, 0.3) is 5.91 Å². The van der Waals surface area contributed by atoms with Crippen molar-refractivity contribution in [1.29, 1.82) is 0 Å². The first-order valence-corrected chi connectivity index (χ1v) is 8.95. The zero-order valence-corrected chi connectivity index (χ0v) is 15.9. The fourth-order valence-corrected chi connectivity index (χ4v) is 3.00. The van der Waals surface area contributed by atoms with E-state index in [2.05, 4.69) is 10.6 Å². The molecule has 1 fully saturated rings. The predicted molar refractivity (Wildman–Crippen MR) is 112 cm³/mol. The summed E-state index contributed by atoms with van der Waals surface area (Å²) in [5.74, 6) is -0.223. The lowest BCUT2D eigenvalue weighted by atomic mass is 10.2. The summed E-state index contributed by atoms with van der Waals surface area (Å²) in [5, 5.41) is 5.74. The normalized spacial score (nSPS) is 13.9. The van der Waals surface area contributed by atoms with E-state index in [0.717, 1.165) is 25.9 Å². The van der Waals surface area contributed by atoms with E-state index in [-0.39, 0.29) is 24.3 Å². The van der Waals surface area contributed by atoms with Gasteiger partial charge in [0.05, 0.1) is 0 Å². The molecule has 3 rings (SSSR count). The minimum Gasteiger partial charge on any atom is -0.399 e. The van der Waals surface area contributed by atoms with Gasteiger partial charge in [0.2, 0.25) is 0 Å². The Balaban J connectivity index is 0.00000261. The van der Waals surface area contributed by atoms with Gasteiger partial charge in [-0.05, 0) is 55.3 Å². The molecule has 0 bridgehead atoms. The Kier molecular flexibility index (Phi) is 7.49. The van der Waals surface area contributed by atoms with Gasteiger partial charge >= 0.3 is 6.03 Å². The molecule has 0 radical (unpaired) electrons. The number of carbonyl (C=O) groups is 2. The van der Waals surface area contributed by atoms with Crippen molar-refractivity contribution in [2.45, 2.75) is 25.7 Å². The molecule has 4 N–H and O–H groups in total. The highest BCUT2D eigenvalue weighted by Crippen LogP contribution is 2.17. The van der Waals surface area contributed by atoms with Crippen molar-refractivity contribution >= 4 is 41.4 Å². The smallest absolute Gasteiger partial charge is 0.321 e. The zero-order chi connectivity index (χ0) is 18.4. The summed E-state index contributed by atoms with van der Waals surface area (Å²) in [7, 11) is 0. The van der Waals surface area contributed by atoms with Gasteiger partial charge in [-0.2, -0.15) is 0 Å². The summed E-state index contributed by atoms with van der Waals surface area (Å²) >= 11 is 0. The second-order valence-corrected chi connectivity index (χ2v) is 6.49. The summed E-state index contributed by atoms with van der Waals surface area (Å²) in [5.41, 5.74) is 8.12. The van der Waals surface area contributed by atoms with Crippen LogP contribution in [-0.4, -0.2) is 29.9 Å². The van der Waals surface area contributed by atoms with E-state index in [4.69, 9.17) is 5.73 Å². The number of carbonyl (C=O) groups excluding carboxylic acids is 2. The van der Waals surface area contributed by atoms with Crippen LogP contribution in [0.3, 0.4) is 0 Å². The van der Waals surface area contributed by atoms with Crippen LogP contribution in [0.25, 0.3) is 0 Å². The summed E-state index contributed by atoms with van der Waals surface area (Å²) in [6.07, 6.45) is 4.49. The number of urea groups is 1. The van der Waals surface area contributed by atoms with Crippen LogP contribution in [0.15, 0.2) is 48.5 Å². The lowest BCUT2D eigenvalue weighted by Crippen LogP contribution is -2.35. The molecule has 7 heteroatoms. The van der Waals surface area contributed by atoms with Crippen LogP contribution < -0.4 is 16.4 Å². The maximum atomic E-state index is 12.3. The molecule has 3 amide bonds. The molecule has 1 aliphatic heterocycles. The van der Waals surface area contributed by atoms with Crippen molar-refractivity contribution in [2.24, 2.45) is 0 Å². The van der Waals surface area contributed by atoms with E-state index in [9.17, 15) is 9.59 Å². The Labute approximate surface area is 165 Å². The number of nitrogens with one attached hydrogen (secondary N) is 2. The lowest BCUT2D eigenvalue weighted by Gasteiger charge is -2.20. The Morgan fingerprint density at radius 1 is 0.852 bits per heavy atom. The van der Waals surface area contributed by atoms with Crippen molar-refractivity contribution in [3.8, 4) is 0 Å². The molecule has 2 aromatic rings. The molecule has 2 aromatic carbocycles. The molecule has 1 aliphatic rings. The number of amides is 3. The third-order valence-electron chi connectivity index (χ3n) is 4.44. The standard InChI is InChI=1S/C20H24N4O2.ClH/c21-16-7-5-6-15(14-16)19(25)22-17-8-10-18(11-9-17)23-20(26)24-12-3-1-2-4-13-24;/h5-11,14H,1-4,12-13,21H2,(H,22,25)(H,23,26);1H. The van der Waals surface area contributed by atoms with Crippen LogP contribution in [0.4, 0.5) is 21.9 Å². The first kappa shape index (κ1) is 20.6. The Morgan fingerprint density at radius 3 is 2.04 bits per heavy atom. The van der Waals surface area contributed by atoms with Gasteiger partial charge in [-0.3, -0.25) is 4.79 Å². The van der Waals surface area contributed by atoms with E-state index in [1.165, 1.54) is 12.8 Å². The average Bonchev–Trinajstić information content (AvgIpc) is 2.93. The number of halogens is 1. The van der Waals surface area contributed by atoms with Crippen LogP contribution in [0.5, 0.6) is 0 Å². The quantitative estimate of drug-likeness (QED) is 0.683. The van der Waals surface area contributed by atoms with Crippen LogP contribution in [0, 0.1) is 0 Å². The summed E-state index contributed by atoms with van der Waals surface area (Å²) in [4.78, 5) is 26.4. The maximum Gasteiger partial charge on any atom is 0.321 e. The number of anilines is 3. The van der Waals surface area contributed by atoms with Crippen molar-refractivity contribution in [3.63, 3.8) is 0 Å². The SMILES string of the molecule is Cl.Nc1cccc(C(=O)Nc2ccc(NC(=O)N3CCCCCC3)cc2)c1.